The molecular weight excluding hydrogens is 543 g/mol. The molecule has 1 aliphatic rings. The molecule has 10 heteroatoms. The average molecular weight is 582 g/mol. The van der Waals surface area contributed by atoms with Crippen LogP contribution in [0.5, 0.6) is 0 Å². The number of carbonyl (C=O) groups is 1. The Labute approximate surface area is 245 Å². The molecule has 4 rings (SSSR count). The average Bonchev–Trinajstić information content (AvgIpc) is 3.42. The second-order valence-corrected chi connectivity index (χ2v) is 10.8. The van der Waals surface area contributed by atoms with E-state index in [0.717, 1.165) is 75.0 Å². The summed E-state index contributed by atoms with van der Waals surface area (Å²) in [5.74, 6) is 0.422. The van der Waals surface area contributed by atoms with Crippen LogP contribution in [-0.4, -0.2) is 35.9 Å². The first-order valence-corrected chi connectivity index (χ1v) is 14.4. The lowest BCUT2D eigenvalue weighted by Gasteiger charge is -2.31. The normalized spacial score (nSPS) is 12.9. The molecule has 0 bridgehead atoms. The van der Waals surface area contributed by atoms with Gasteiger partial charge in [-0.1, -0.05) is 6.07 Å². The molecule has 0 amide bonds. The largest absolute Gasteiger partial charge is 0.469 e. The summed E-state index contributed by atoms with van der Waals surface area (Å²) in [5.41, 5.74) is 4.35. The number of fused-ring (bicyclic) bond motifs is 1. The van der Waals surface area contributed by atoms with Gasteiger partial charge in [0, 0.05) is 57.6 Å². The third-order valence-corrected chi connectivity index (χ3v) is 7.76. The predicted octanol–water partition coefficient (Wildman–Crippen LogP) is 6.57. The highest BCUT2D eigenvalue weighted by atomic mass is 19.4. The van der Waals surface area contributed by atoms with Gasteiger partial charge in [0.2, 0.25) is 0 Å². The van der Waals surface area contributed by atoms with E-state index in [1.807, 2.05) is 23.2 Å². The zero-order chi connectivity index (χ0) is 30.3. The number of nitriles is 1. The smallest absolute Gasteiger partial charge is 0.416 e. The van der Waals surface area contributed by atoms with Crippen LogP contribution in [0.1, 0.15) is 72.4 Å². The number of esters is 1. The number of benzene rings is 2. The minimum absolute atomic E-state index is 0.0284. The van der Waals surface area contributed by atoms with Gasteiger partial charge < -0.3 is 14.5 Å². The lowest BCUT2D eigenvalue weighted by Crippen LogP contribution is -2.29. The maximum absolute atomic E-state index is 13.7. The summed E-state index contributed by atoms with van der Waals surface area (Å²) in [5, 5.41) is 14.0. The number of alkyl halides is 3. The Morgan fingerprint density at radius 1 is 1.07 bits per heavy atom. The molecule has 0 aliphatic heterocycles. The van der Waals surface area contributed by atoms with E-state index in [1.165, 1.54) is 24.3 Å². The number of rotatable bonds is 12. The van der Waals surface area contributed by atoms with E-state index in [4.69, 9.17) is 4.74 Å². The van der Waals surface area contributed by atoms with Gasteiger partial charge in [-0.25, -0.2) is 0 Å². The summed E-state index contributed by atoms with van der Waals surface area (Å²) in [4.78, 5) is 15.9. The lowest BCUT2D eigenvalue weighted by molar-refractivity contribution is -0.140. The first kappa shape index (κ1) is 30.9. The minimum Gasteiger partial charge on any atom is -0.469 e. The molecule has 0 saturated heterocycles. The Balaban J connectivity index is 1.70. The van der Waals surface area contributed by atoms with Gasteiger partial charge in [-0.3, -0.25) is 9.48 Å². The van der Waals surface area contributed by atoms with Crippen molar-refractivity contribution in [1.29, 1.82) is 5.26 Å². The number of ether oxygens (including phenoxy) is 1. The van der Waals surface area contributed by atoms with E-state index >= 15 is 0 Å². The summed E-state index contributed by atoms with van der Waals surface area (Å²) in [7, 11) is 3.20. The fourth-order valence-corrected chi connectivity index (χ4v) is 5.59. The Bertz CT molecular complexity index is 1430. The van der Waals surface area contributed by atoms with Crippen molar-refractivity contribution in [3.05, 3.63) is 76.0 Å². The van der Waals surface area contributed by atoms with Crippen LogP contribution in [0.15, 0.2) is 42.6 Å². The maximum atomic E-state index is 13.7. The zero-order valence-corrected chi connectivity index (χ0v) is 24.5. The zero-order valence-electron chi connectivity index (χ0n) is 24.5. The Morgan fingerprint density at radius 2 is 1.81 bits per heavy atom. The molecule has 7 nitrogen and oxygen atoms in total. The second kappa shape index (κ2) is 13.8. The first-order chi connectivity index (χ1) is 20.1. The monoisotopic (exact) mass is 581 g/mol. The molecule has 1 aliphatic carbocycles. The van der Waals surface area contributed by atoms with Crippen LogP contribution in [0, 0.1) is 11.3 Å². The first-order valence-electron chi connectivity index (χ1n) is 14.4. The van der Waals surface area contributed by atoms with Crippen LogP contribution in [0.3, 0.4) is 0 Å². The Kier molecular flexibility index (Phi) is 10.2. The molecule has 42 heavy (non-hydrogen) atoms. The van der Waals surface area contributed by atoms with Crippen LogP contribution in [0.4, 0.5) is 24.7 Å². The van der Waals surface area contributed by atoms with Crippen molar-refractivity contribution >= 4 is 17.5 Å². The number of hydrogen-bond acceptors (Lipinski definition) is 6. The highest BCUT2D eigenvalue weighted by Crippen LogP contribution is 2.34. The fourth-order valence-electron chi connectivity index (χ4n) is 5.59. The van der Waals surface area contributed by atoms with E-state index in [2.05, 4.69) is 29.1 Å². The van der Waals surface area contributed by atoms with Gasteiger partial charge in [-0.2, -0.15) is 23.5 Å². The van der Waals surface area contributed by atoms with Crippen molar-refractivity contribution in [2.75, 3.05) is 30.0 Å². The van der Waals surface area contributed by atoms with Crippen molar-refractivity contribution in [1.82, 2.24) is 9.78 Å². The molecule has 224 valence electrons. The van der Waals surface area contributed by atoms with Crippen molar-refractivity contribution in [2.24, 2.45) is 7.05 Å². The number of anilines is 2. The number of nitrogens with zero attached hydrogens (tertiary/aromatic N) is 5. The Morgan fingerprint density at radius 3 is 2.43 bits per heavy atom. The quantitative estimate of drug-likeness (QED) is 0.178. The highest BCUT2D eigenvalue weighted by Gasteiger charge is 2.31. The van der Waals surface area contributed by atoms with Gasteiger partial charge in [0.1, 0.15) is 0 Å². The molecule has 0 fully saturated rings. The van der Waals surface area contributed by atoms with Gasteiger partial charge in [-0.05, 0) is 92.0 Å². The molecule has 1 heterocycles. The number of halogens is 3. The van der Waals surface area contributed by atoms with Crippen molar-refractivity contribution < 1.29 is 22.7 Å². The predicted molar refractivity (Wildman–Crippen MR) is 156 cm³/mol. The van der Waals surface area contributed by atoms with Crippen LogP contribution >= 0.6 is 0 Å². The van der Waals surface area contributed by atoms with Gasteiger partial charge >= 0.3 is 12.1 Å². The van der Waals surface area contributed by atoms with Crippen LogP contribution < -0.4 is 9.80 Å². The molecule has 1 aromatic heterocycles. The molecule has 0 radical (unpaired) electrons. The van der Waals surface area contributed by atoms with E-state index in [1.54, 1.807) is 11.7 Å². The summed E-state index contributed by atoms with van der Waals surface area (Å²) in [6.07, 6.45) is 3.46. The number of aryl methyl sites for hydroxylation is 3. The summed E-state index contributed by atoms with van der Waals surface area (Å²) >= 11 is 0. The molecule has 0 saturated carbocycles. The van der Waals surface area contributed by atoms with E-state index in [0.29, 0.717) is 24.3 Å². The van der Waals surface area contributed by atoms with Crippen molar-refractivity contribution in [3.63, 3.8) is 0 Å². The lowest BCUT2D eigenvalue weighted by atomic mass is 9.89. The number of hydrogen-bond donors (Lipinski definition) is 0. The van der Waals surface area contributed by atoms with Gasteiger partial charge in [0.25, 0.3) is 0 Å². The fraction of sp³-hybridized carbons (Fsp3) is 0.469. The number of unbranched alkanes of at least 4 members (excludes halogenated alkanes) is 1. The number of carbonyl (C=O) groups excluding carboxylic acids is 1. The third-order valence-electron chi connectivity index (χ3n) is 7.76. The number of methoxy groups -OCH3 is 1. The van der Waals surface area contributed by atoms with E-state index in [-0.39, 0.29) is 18.1 Å². The molecule has 0 atom stereocenters. The molecule has 0 unspecified atom stereocenters. The van der Waals surface area contributed by atoms with Crippen molar-refractivity contribution in [2.45, 2.75) is 71.1 Å². The second-order valence-electron chi connectivity index (χ2n) is 10.8. The Hall–Kier alpha value is -4.00. The van der Waals surface area contributed by atoms with Crippen LogP contribution in [0.25, 0.3) is 0 Å². The molecular formula is C32H38F3N5O2. The van der Waals surface area contributed by atoms with E-state index in [9.17, 15) is 23.2 Å². The molecule has 2 aromatic carbocycles. The molecule has 3 aromatic rings. The third kappa shape index (κ3) is 7.84. The van der Waals surface area contributed by atoms with Crippen LogP contribution in [-0.2, 0) is 48.7 Å². The summed E-state index contributed by atoms with van der Waals surface area (Å²) in [6, 6.07) is 11.8. The SMILES string of the molecule is CCN(CCCCC(=O)OC)c1cc2c(cc1CN(Cc1cc(C#N)cc(C(F)(F)F)c1)c1ccn(C)n1)CCCC2. The standard InChI is InChI=1S/C32H38F3N5O2/c1-4-39(13-8-7-11-31(41)42-3)29-19-26-10-6-5-9-25(26)18-27(29)22-40(30-12-14-38(2)37-30)21-24-15-23(20-36)16-28(17-24)32(33,34)35/h12,14-19H,4-11,13,21-22H2,1-3H3. The van der Waals surface area contributed by atoms with Gasteiger partial charge in [0.05, 0.1) is 24.3 Å². The number of aromatic nitrogens is 2. The van der Waals surface area contributed by atoms with Crippen LogP contribution in [0.2, 0.25) is 0 Å². The minimum atomic E-state index is -4.56. The maximum Gasteiger partial charge on any atom is 0.416 e. The highest BCUT2D eigenvalue weighted by molar-refractivity contribution is 5.69. The van der Waals surface area contributed by atoms with Gasteiger partial charge in [-0.15, -0.1) is 0 Å². The topological polar surface area (TPSA) is 74.4 Å². The summed E-state index contributed by atoms with van der Waals surface area (Å²) in [6.45, 7) is 4.22. The van der Waals surface area contributed by atoms with Gasteiger partial charge in [0.15, 0.2) is 5.82 Å². The molecule has 0 N–H and O–H groups in total. The summed E-state index contributed by atoms with van der Waals surface area (Å²) < 4.78 is 47.4. The van der Waals surface area contributed by atoms with E-state index < -0.39 is 11.7 Å². The van der Waals surface area contributed by atoms with Crippen molar-refractivity contribution in [3.8, 4) is 6.07 Å². The molecule has 0 spiro atoms.